The van der Waals surface area contributed by atoms with Crippen molar-refractivity contribution in [3.8, 4) is 0 Å². The minimum atomic E-state index is -1.34. The molecule has 2 N–H and O–H groups in total. The van der Waals surface area contributed by atoms with E-state index < -0.39 is 23.3 Å². The Balaban J connectivity index is 2.82. The third kappa shape index (κ3) is 3.05. The van der Waals surface area contributed by atoms with Gasteiger partial charge in [-0.1, -0.05) is 6.07 Å². The summed E-state index contributed by atoms with van der Waals surface area (Å²) in [6.45, 7) is 0. The maximum Gasteiger partial charge on any atom is 0.338 e. The minimum Gasteiger partial charge on any atom is -0.481 e. The summed E-state index contributed by atoms with van der Waals surface area (Å²) in [5.41, 5.74) is 0.0639. The molecule has 0 amide bonds. The zero-order valence-corrected chi connectivity index (χ0v) is 7.74. The molecule has 0 bridgehead atoms. The van der Waals surface area contributed by atoms with E-state index in [1.54, 1.807) is 0 Å². The highest BCUT2D eigenvalue weighted by Crippen LogP contribution is 2.12. The predicted molar refractivity (Wildman–Crippen MR) is 49.3 cm³/mol. The summed E-state index contributed by atoms with van der Waals surface area (Å²) in [5, 5.41) is 16.9. The molecule has 0 aliphatic rings. The largest absolute Gasteiger partial charge is 0.481 e. The van der Waals surface area contributed by atoms with Crippen LogP contribution in [0.2, 0.25) is 0 Å². The van der Waals surface area contributed by atoms with Crippen LogP contribution in [-0.2, 0) is 11.2 Å². The third-order valence-corrected chi connectivity index (χ3v) is 1.89. The average molecular weight is 212 g/mol. The molecular weight excluding hydrogens is 203 g/mol. The van der Waals surface area contributed by atoms with Gasteiger partial charge in [-0.25, -0.2) is 9.18 Å². The van der Waals surface area contributed by atoms with Gasteiger partial charge < -0.3 is 10.2 Å². The maximum atomic E-state index is 13.1. The van der Waals surface area contributed by atoms with Gasteiger partial charge in [0.25, 0.3) is 0 Å². The van der Waals surface area contributed by atoms with Gasteiger partial charge in [-0.05, 0) is 24.1 Å². The van der Waals surface area contributed by atoms with Crippen molar-refractivity contribution in [2.75, 3.05) is 0 Å². The Labute approximate surface area is 85.0 Å². The number of halogens is 1. The molecule has 0 unspecified atom stereocenters. The summed E-state index contributed by atoms with van der Waals surface area (Å²) in [5.74, 6) is -3.15. The smallest absolute Gasteiger partial charge is 0.338 e. The Morgan fingerprint density at radius 2 is 1.93 bits per heavy atom. The van der Waals surface area contributed by atoms with E-state index in [9.17, 15) is 14.0 Å². The van der Waals surface area contributed by atoms with Crippen molar-refractivity contribution in [1.82, 2.24) is 0 Å². The molecule has 1 aromatic rings. The number of benzene rings is 1. The normalized spacial score (nSPS) is 9.93. The quantitative estimate of drug-likeness (QED) is 0.793. The number of hydrogen-bond acceptors (Lipinski definition) is 2. The molecule has 0 atom stereocenters. The van der Waals surface area contributed by atoms with Gasteiger partial charge in [0.05, 0.1) is 5.56 Å². The van der Waals surface area contributed by atoms with Crippen molar-refractivity contribution in [2.24, 2.45) is 0 Å². The van der Waals surface area contributed by atoms with E-state index in [1.165, 1.54) is 6.07 Å². The lowest BCUT2D eigenvalue weighted by Gasteiger charge is -2.01. The van der Waals surface area contributed by atoms with Gasteiger partial charge >= 0.3 is 11.9 Å². The lowest BCUT2D eigenvalue weighted by molar-refractivity contribution is -0.136. The van der Waals surface area contributed by atoms with Crippen molar-refractivity contribution in [1.29, 1.82) is 0 Å². The highest BCUT2D eigenvalue weighted by Gasteiger charge is 2.10. The van der Waals surface area contributed by atoms with Gasteiger partial charge in [0, 0.05) is 6.42 Å². The molecular formula is C10H9FO4. The number of carboxylic acid groups (broad SMARTS) is 2. The van der Waals surface area contributed by atoms with E-state index in [4.69, 9.17) is 10.2 Å². The number of aliphatic carboxylic acids is 1. The lowest BCUT2D eigenvalue weighted by atomic mass is 10.1. The van der Waals surface area contributed by atoms with Crippen molar-refractivity contribution in [3.63, 3.8) is 0 Å². The Kier molecular flexibility index (Phi) is 3.38. The highest BCUT2D eigenvalue weighted by molar-refractivity contribution is 5.87. The molecule has 5 heteroatoms. The van der Waals surface area contributed by atoms with E-state index in [1.807, 2.05) is 0 Å². The summed E-state index contributed by atoms with van der Waals surface area (Å²) in [7, 11) is 0. The summed E-state index contributed by atoms with van der Waals surface area (Å²) in [4.78, 5) is 20.7. The standard InChI is InChI=1S/C10H9FO4/c11-8-5-6(2-4-9(12)13)1-3-7(8)10(14)15/h1,3,5H,2,4H2,(H,12,13)(H,14,15). The van der Waals surface area contributed by atoms with Crippen molar-refractivity contribution in [3.05, 3.63) is 35.1 Å². The van der Waals surface area contributed by atoms with Gasteiger partial charge in [-0.2, -0.15) is 0 Å². The van der Waals surface area contributed by atoms with Crippen LogP contribution < -0.4 is 0 Å². The molecule has 0 fully saturated rings. The Bertz CT molecular complexity index is 400. The molecule has 0 saturated heterocycles. The Morgan fingerprint density at radius 3 is 2.40 bits per heavy atom. The number of rotatable bonds is 4. The fourth-order valence-corrected chi connectivity index (χ4v) is 1.14. The molecule has 0 aliphatic carbocycles. The van der Waals surface area contributed by atoms with Crippen LogP contribution in [0.4, 0.5) is 4.39 Å². The molecule has 4 nitrogen and oxygen atoms in total. The molecule has 15 heavy (non-hydrogen) atoms. The molecule has 0 saturated carbocycles. The minimum absolute atomic E-state index is 0.105. The van der Waals surface area contributed by atoms with Crippen LogP contribution in [0.25, 0.3) is 0 Å². The molecule has 0 radical (unpaired) electrons. The van der Waals surface area contributed by atoms with Crippen LogP contribution in [0.1, 0.15) is 22.3 Å². The Hall–Kier alpha value is -1.91. The number of hydrogen-bond donors (Lipinski definition) is 2. The molecule has 0 aliphatic heterocycles. The summed E-state index contributed by atoms with van der Waals surface area (Å²) in [6, 6.07) is 3.59. The summed E-state index contributed by atoms with van der Waals surface area (Å²) >= 11 is 0. The highest BCUT2D eigenvalue weighted by atomic mass is 19.1. The predicted octanol–water partition coefficient (Wildman–Crippen LogP) is 1.54. The number of carboxylic acids is 2. The zero-order chi connectivity index (χ0) is 11.4. The lowest BCUT2D eigenvalue weighted by Crippen LogP contribution is -2.02. The van der Waals surface area contributed by atoms with Crippen LogP contribution in [0.15, 0.2) is 18.2 Å². The van der Waals surface area contributed by atoms with Gasteiger partial charge in [0.15, 0.2) is 0 Å². The molecule has 1 rings (SSSR count). The van der Waals surface area contributed by atoms with Gasteiger partial charge in [0.2, 0.25) is 0 Å². The second kappa shape index (κ2) is 4.54. The summed E-state index contributed by atoms with van der Waals surface area (Å²) in [6.07, 6.45) is 0.0814. The molecule has 1 aromatic carbocycles. The zero-order valence-electron chi connectivity index (χ0n) is 7.74. The van der Waals surface area contributed by atoms with Crippen LogP contribution in [-0.4, -0.2) is 22.2 Å². The molecule has 0 spiro atoms. The first-order valence-electron chi connectivity index (χ1n) is 4.24. The second-order valence-corrected chi connectivity index (χ2v) is 3.01. The average Bonchev–Trinajstić information content (AvgIpc) is 2.14. The monoisotopic (exact) mass is 212 g/mol. The fourth-order valence-electron chi connectivity index (χ4n) is 1.14. The van der Waals surface area contributed by atoms with Gasteiger partial charge in [-0.15, -0.1) is 0 Å². The molecule has 0 heterocycles. The van der Waals surface area contributed by atoms with E-state index in [0.29, 0.717) is 5.56 Å². The fraction of sp³-hybridized carbons (Fsp3) is 0.200. The second-order valence-electron chi connectivity index (χ2n) is 3.01. The first kappa shape index (κ1) is 11.2. The van der Waals surface area contributed by atoms with Crippen molar-refractivity contribution in [2.45, 2.75) is 12.8 Å². The maximum absolute atomic E-state index is 13.1. The van der Waals surface area contributed by atoms with Crippen LogP contribution in [0, 0.1) is 5.82 Å². The third-order valence-electron chi connectivity index (χ3n) is 1.89. The first-order chi connectivity index (χ1) is 7.00. The van der Waals surface area contributed by atoms with Crippen LogP contribution in [0.3, 0.4) is 0 Å². The number of aryl methyl sites for hydroxylation is 1. The first-order valence-corrected chi connectivity index (χ1v) is 4.24. The van der Waals surface area contributed by atoms with E-state index in [-0.39, 0.29) is 12.8 Å². The number of carbonyl (C=O) groups is 2. The molecule has 0 aromatic heterocycles. The topological polar surface area (TPSA) is 74.6 Å². The Morgan fingerprint density at radius 1 is 1.27 bits per heavy atom. The van der Waals surface area contributed by atoms with Crippen LogP contribution in [0.5, 0.6) is 0 Å². The van der Waals surface area contributed by atoms with Crippen molar-refractivity contribution >= 4 is 11.9 Å². The summed E-state index contributed by atoms with van der Waals surface area (Å²) < 4.78 is 13.1. The number of aromatic carboxylic acids is 1. The van der Waals surface area contributed by atoms with E-state index >= 15 is 0 Å². The molecule has 80 valence electrons. The van der Waals surface area contributed by atoms with Crippen molar-refractivity contribution < 1.29 is 24.2 Å². The van der Waals surface area contributed by atoms with E-state index in [0.717, 1.165) is 12.1 Å². The van der Waals surface area contributed by atoms with Gasteiger partial charge in [-0.3, -0.25) is 4.79 Å². The SMILES string of the molecule is O=C(O)CCc1ccc(C(=O)O)c(F)c1. The van der Waals surface area contributed by atoms with Gasteiger partial charge in [0.1, 0.15) is 5.82 Å². The van der Waals surface area contributed by atoms with Crippen LogP contribution >= 0.6 is 0 Å². The van der Waals surface area contributed by atoms with E-state index in [2.05, 4.69) is 0 Å².